The number of amides is 2. The molecule has 0 aliphatic carbocycles. The van der Waals surface area contributed by atoms with E-state index in [1.165, 1.54) is 22.9 Å². The van der Waals surface area contributed by atoms with E-state index in [4.69, 9.17) is 4.74 Å². The van der Waals surface area contributed by atoms with Gasteiger partial charge in [0, 0.05) is 69.0 Å². The van der Waals surface area contributed by atoms with E-state index in [1.807, 2.05) is 33.0 Å². The van der Waals surface area contributed by atoms with Crippen molar-refractivity contribution in [3.05, 3.63) is 53.9 Å². The van der Waals surface area contributed by atoms with E-state index in [1.54, 1.807) is 22.7 Å². The number of fused-ring (bicyclic) bond motifs is 2. The SMILES string of the molecule is Cn1cc2c(N3CCN(C(=O)OC(C)(C)C)CC3)ccc(C(=O)Nc3cc(F)c4nc(CO)cn4c3)c2n1. The number of hydrogen-bond donors (Lipinski definition) is 2. The van der Waals surface area contributed by atoms with Gasteiger partial charge in [-0.25, -0.2) is 14.2 Å². The zero-order valence-electron chi connectivity index (χ0n) is 21.7. The van der Waals surface area contributed by atoms with E-state index in [9.17, 15) is 19.1 Å². The maximum absolute atomic E-state index is 14.6. The minimum absolute atomic E-state index is 0.0651. The summed E-state index contributed by atoms with van der Waals surface area (Å²) in [5.41, 5.74) is 1.86. The molecule has 1 aliphatic heterocycles. The lowest BCUT2D eigenvalue weighted by Gasteiger charge is -2.37. The van der Waals surface area contributed by atoms with Crippen LogP contribution in [0.1, 0.15) is 36.8 Å². The van der Waals surface area contributed by atoms with Crippen LogP contribution in [0.25, 0.3) is 16.6 Å². The summed E-state index contributed by atoms with van der Waals surface area (Å²) in [7, 11) is 1.78. The Bertz CT molecular complexity index is 1530. The van der Waals surface area contributed by atoms with E-state index in [-0.39, 0.29) is 24.0 Å². The van der Waals surface area contributed by atoms with Gasteiger partial charge in [-0.2, -0.15) is 5.10 Å². The normalized spacial score (nSPS) is 14.4. The van der Waals surface area contributed by atoms with Crippen LogP contribution in [0.15, 0.2) is 36.8 Å². The summed E-state index contributed by atoms with van der Waals surface area (Å²) in [6, 6.07) is 4.76. The first-order chi connectivity index (χ1) is 18.0. The van der Waals surface area contributed by atoms with Gasteiger partial charge in [-0.1, -0.05) is 0 Å². The number of aliphatic hydroxyl groups excluding tert-OH is 1. The summed E-state index contributed by atoms with van der Waals surface area (Å²) in [6.45, 7) is 7.46. The van der Waals surface area contributed by atoms with Gasteiger partial charge in [-0.3, -0.25) is 9.48 Å². The van der Waals surface area contributed by atoms with E-state index in [2.05, 4.69) is 20.3 Å². The second-order valence-corrected chi connectivity index (χ2v) is 10.3. The largest absolute Gasteiger partial charge is 0.444 e. The van der Waals surface area contributed by atoms with E-state index < -0.39 is 17.3 Å². The molecule has 1 saturated heterocycles. The third-order valence-corrected chi connectivity index (χ3v) is 6.26. The predicted molar refractivity (Wildman–Crippen MR) is 140 cm³/mol. The number of aliphatic hydroxyl groups is 1. The molecule has 38 heavy (non-hydrogen) atoms. The quantitative estimate of drug-likeness (QED) is 0.422. The Morgan fingerprint density at radius 1 is 1.13 bits per heavy atom. The highest BCUT2D eigenvalue weighted by molar-refractivity contribution is 6.13. The molecule has 3 aromatic heterocycles. The molecule has 1 fully saturated rings. The van der Waals surface area contributed by atoms with Crippen LogP contribution in [0, 0.1) is 5.82 Å². The number of anilines is 2. The van der Waals surface area contributed by atoms with Crippen molar-refractivity contribution in [2.24, 2.45) is 7.05 Å². The molecule has 0 spiro atoms. The van der Waals surface area contributed by atoms with Crippen LogP contribution in [0.5, 0.6) is 0 Å². The molecule has 5 rings (SSSR count). The first-order valence-corrected chi connectivity index (χ1v) is 12.3. The van der Waals surface area contributed by atoms with Crippen molar-refractivity contribution in [2.45, 2.75) is 33.0 Å². The van der Waals surface area contributed by atoms with Crippen LogP contribution in [0.4, 0.5) is 20.6 Å². The lowest BCUT2D eigenvalue weighted by molar-refractivity contribution is 0.0240. The number of benzene rings is 1. The Morgan fingerprint density at radius 3 is 2.55 bits per heavy atom. The van der Waals surface area contributed by atoms with Crippen LogP contribution >= 0.6 is 0 Å². The number of nitrogens with zero attached hydrogens (tertiary/aromatic N) is 6. The van der Waals surface area contributed by atoms with Crippen LogP contribution in [-0.4, -0.2) is 73.0 Å². The van der Waals surface area contributed by atoms with Crippen molar-refractivity contribution in [2.75, 3.05) is 36.4 Å². The van der Waals surface area contributed by atoms with E-state index in [0.717, 1.165) is 11.1 Å². The molecule has 0 saturated carbocycles. The third kappa shape index (κ3) is 4.99. The van der Waals surface area contributed by atoms with Gasteiger partial charge in [0.2, 0.25) is 0 Å². The molecule has 0 atom stereocenters. The molecule has 12 heteroatoms. The number of rotatable bonds is 4. The predicted octanol–water partition coefficient (Wildman–Crippen LogP) is 3.16. The number of halogens is 1. The molecule has 0 unspecified atom stereocenters. The average molecular weight is 524 g/mol. The van der Waals surface area contributed by atoms with Crippen molar-refractivity contribution in [3.8, 4) is 0 Å². The van der Waals surface area contributed by atoms with Crippen molar-refractivity contribution >= 4 is 39.9 Å². The Morgan fingerprint density at radius 2 is 1.87 bits per heavy atom. The summed E-state index contributed by atoms with van der Waals surface area (Å²) in [4.78, 5) is 33.6. The maximum Gasteiger partial charge on any atom is 0.410 e. The van der Waals surface area contributed by atoms with Crippen molar-refractivity contribution < 1.29 is 23.8 Å². The van der Waals surface area contributed by atoms with Gasteiger partial charge in [-0.05, 0) is 32.9 Å². The number of carbonyl (C=O) groups excluding carboxylic acids is 2. The van der Waals surface area contributed by atoms with Gasteiger partial charge in [0.25, 0.3) is 5.91 Å². The van der Waals surface area contributed by atoms with Crippen LogP contribution < -0.4 is 10.2 Å². The Hall–Kier alpha value is -4.19. The number of pyridine rings is 1. The topological polar surface area (TPSA) is 117 Å². The lowest BCUT2D eigenvalue weighted by Crippen LogP contribution is -2.50. The first kappa shape index (κ1) is 25.5. The van der Waals surface area contributed by atoms with Gasteiger partial charge in [0.1, 0.15) is 11.1 Å². The summed E-state index contributed by atoms with van der Waals surface area (Å²) in [6.07, 6.45) is 4.57. The fourth-order valence-corrected chi connectivity index (χ4v) is 4.57. The highest BCUT2D eigenvalue weighted by Gasteiger charge is 2.27. The molecular weight excluding hydrogens is 493 g/mol. The minimum atomic E-state index is -0.619. The highest BCUT2D eigenvalue weighted by Crippen LogP contribution is 2.30. The fraction of sp³-hybridized carbons (Fsp3) is 0.385. The average Bonchev–Trinajstić information content (AvgIpc) is 3.45. The maximum atomic E-state index is 14.6. The van der Waals surface area contributed by atoms with Crippen LogP contribution in [0.2, 0.25) is 0 Å². The molecule has 4 aromatic rings. The number of aryl methyl sites for hydroxylation is 1. The minimum Gasteiger partial charge on any atom is -0.444 e. The van der Waals surface area contributed by atoms with Crippen molar-refractivity contribution in [3.63, 3.8) is 0 Å². The highest BCUT2D eigenvalue weighted by atomic mass is 19.1. The summed E-state index contributed by atoms with van der Waals surface area (Å²) < 4.78 is 23.1. The van der Waals surface area contributed by atoms with Gasteiger partial charge in [0.15, 0.2) is 11.5 Å². The Labute approximate surface area is 218 Å². The molecule has 2 N–H and O–H groups in total. The first-order valence-electron chi connectivity index (χ1n) is 12.3. The zero-order valence-corrected chi connectivity index (χ0v) is 21.7. The molecule has 1 aliphatic rings. The second kappa shape index (κ2) is 9.60. The molecule has 200 valence electrons. The number of ether oxygens (including phenoxy) is 1. The summed E-state index contributed by atoms with van der Waals surface area (Å²) in [5, 5.41) is 17.4. The van der Waals surface area contributed by atoms with Crippen molar-refractivity contribution in [1.82, 2.24) is 24.1 Å². The van der Waals surface area contributed by atoms with Gasteiger partial charge in [-0.15, -0.1) is 0 Å². The van der Waals surface area contributed by atoms with Gasteiger partial charge < -0.3 is 29.4 Å². The molecule has 2 amide bonds. The standard InChI is InChI=1S/C26H30FN7O4/c1-26(2,3)38-25(37)33-9-7-32(8-10-33)21-6-5-18(22-19(21)14-31(4)30-22)24(36)29-16-11-20(27)23-28-17(15-35)13-34(23)12-16/h5-6,11-14,35H,7-10,15H2,1-4H3,(H,29,36). The van der Waals surface area contributed by atoms with Crippen LogP contribution in [-0.2, 0) is 18.4 Å². The van der Waals surface area contributed by atoms with E-state index >= 15 is 0 Å². The van der Waals surface area contributed by atoms with Gasteiger partial charge in [0.05, 0.1) is 23.6 Å². The third-order valence-electron chi connectivity index (χ3n) is 6.26. The van der Waals surface area contributed by atoms with Crippen molar-refractivity contribution in [1.29, 1.82) is 0 Å². The number of nitrogens with one attached hydrogen (secondary N) is 1. The monoisotopic (exact) mass is 523 g/mol. The molecule has 1 aromatic carbocycles. The summed E-state index contributed by atoms with van der Waals surface area (Å²) in [5.74, 6) is -1.05. The molecule has 0 bridgehead atoms. The zero-order chi connectivity index (χ0) is 27.2. The van der Waals surface area contributed by atoms with E-state index in [0.29, 0.717) is 43.0 Å². The number of hydrogen-bond acceptors (Lipinski definition) is 7. The number of piperazine rings is 1. The smallest absolute Gasteiger partial charge is 0.410 e. The Balaban J connectivity index is 1.37. The second-order valence-electron chi connectivity index (χ2n) is 10.3. The number of aromatic nitrogens is 4. The lowest BCUT2D eigenvalue weighted by atomic mass is 10.1. The number of imidazole rings is 1. The molecule has 11 nitrogen and oxygen atoms in total. The molecular formula is C26H30FN7O4. The van der Waals surface area contributed by atoms with Crippen LogP contribution in [0.3, 0.4) is 0 Å². The van der Waals surface area contributed by atoms with Gasteiger partial charge >= 0.3 is 6.09 Å². The summed E-state index contributed by atoms with van der Waals surface area (Å²) >= 11 is 0. The molecule has 0 radical (unpaired) electrons. The number of carbonyl (C=O) groups is 2. The Kier molecular flexibility index (Phi) is 6.43. The fourth-order valence-electron chi connectivity index (χ4n) is 4.57. The molecule has 4 heterocycles.